The first kappa shape index (κ1) is 19.9. The van der Waals surface area contributed by atoms with Gasteiger partial charge >= 0.3 is 5.97 Å². The number of hydrogen-bond donors (Lipinski definition) is 2. The number of nitrogens with one attached hydrogen (secondary N) is 1. The molecule has 2 N–H and O–H groups in total. The van der Waals surface area contributed by atoms with Gasteiger partial charge in [-0.05, 0) is 49.7 Å². The molecule has 2 saturated carbocycles. The minimum Gasteiger partial charge on any atom is -0.477 e. The lowest BCUT2D eigenvalue weighted by Gasteiger charge is -2.25. The lowest BCUT2D eigenvalue weighted by atomic mass is 9.91. The van der Waals surface area contributed by atoms with Crippen molar-refractivity contribution >= 4 is 22.6 Å². The quantitative estimate of drug-likeness (QED) is 0.727. The number of fused-ring (bicyclic) bond motifs is 1. The van der Waals surface area contributed by atoms with Gasteiger partial charge in [-0.3, -0.25) is 4.79 Å². The fraction of sp³-hybridized carbons (Fsp3) is 0.565. The number of hydrogen-bond acceptors (Lipinski definition) is 3. The molecule has 4 rings (SSSR count). The fourth-order valence-corrected chi connectivity index (χ4v) is 5.04. The molecule has 5 nitrogen and oxygen atoms in total. The topological polar surface area (TPSA) is 71.3 Å². The van der Waals surface area contributed by atoms with Crippen LogP contribution in [0.5, 0.6) is 0 Å². The number of rotatable bonds is 4. The zero-order valence-electron chi connectivity index (χ0n) is 17.1. The third-order valence-corrected chi connectivity index (χ3v) is 6.65. The molecular formula is C23H29FN2O3. The summed E-state index contributed by atoms with van der Waals surface area (Å²) < 4.78 is 16.8. The first-order chi connectivity index (χ1) is 13.7. The highest BCUT2D eigenvalue weighted by Crippen LogP contribution is 2.44. The van der Waals surface area contributed by atoms with Gasteiger partial charge in [0.2, 0.25) is 5.43 Å². The van der Waals surface area contributed by atoms with Gasteiger partial charge in [-0.15, -0.1) is 0 Å². The zero-order valence-corrected chi connectivity index (χ0v) is 17.1. The normalized spacial score (nSPS) is 22.1. The molecule has 1 heterocycles. The summed E-state index contributed by atoms with van der Waals surface area (Å²) >= 11 is 0. The molecule has 0 spiro atoms. The van der Waals surface area contributed by atoms with Crippen LogP contribution in [-0.4, -0.2) is 21.7 Å². The Hall–Kier alpha value is -2.37. The third-order valence-electron chi connectivity index (χ3n) is 6.65. The fourth-order valence-electron chi connectivity index (χ4n) is 5.04. The van der Waals surface area contributed by atoms with Crippen LogP contribution in [0.1, 0.15) is 81.6 Å². The predicted octanol–water partition coefficient (Wildman–Crippen LogP) is 5.33. The highest BCUT2D eigenvalue weighted by atomic mass is 19.1. The zero-order chi connectivity index (χ0) is 20.8. The molecule has 2 fully saturated rings. The molecule has 156 valence electrons. The van der Waals surface area contributed by atoms with Crippen molar-refractivity contribution in [2.45, 2.75) is 77.3 Å². The summed E-state index contributed by atoms with van der Waals surface area (Å²) in [5.41, 5.74) is 0.256. The summed E-state index contributed by atoms with van der Waals surface area (Å²) in [7, 11) is 0. The van der Waals surface area contributed by atoms with E-state index in [2.05, 4.69) is 19.2 Å². The van der Waals surface area contributed by atoms with Crippen molar-refractivity contribution in [3.8, 4) is 0 Å². The highest BCUT2D eigenvalue weighted by molar-refractivity contribution is 5.93. The average Bonchev–Trinajstić information content (AvgIpc) is 3.03. The molecule has 0 bridgehead atoms. The van der Waals surface area contributed by atoms with Gasteiger partial charge < -0.3 is 15.0 Å². The minimum absolute atomic E-state index is 0.0965. The Labute approximate surface area is 169 Å². The Bertz CT molecular complexity index is 1010. The number of carboxylic acid groups (broad SMARTS) is 1. The van der Waals surface area contributed by atoms with Gasteiger partial charge in [0, 0.05) is 23.7 Å². The number of benzene rings is 1. The largest absolute Gasteiger partial charge is 0.477 e. The first-order valence-electron chi connectivity index (χ1n) is 10.6. The van der Waals surface area contributed by atoms with Crippen LogP contribution in [0.4, 0.5) is 10.1 Å². The number of anilines is 1. The number of carboxylic acids is 1. The maximum Gasteiger partial charge on any atom is 0.341 e. The van der Waals surface area contributed by atoms with E-state index in [4.69, 9.17) is 0 Å². The lowest BCUT2D eigenvalue weighted by Crippen LogP contribution is -2.24. The van der Waals surface area contributed by atoms with Gasteiger partial charge in [0.15, 0.2) is 0 Å². The summed E-state index contributed by atoms with van der Waals surface area (Å²) in [5, 5.41) is 13.0. The molecule has 1 aromatic carbocycles. The number of carbonyl (C=O) groups is 1. The Balaban J connectivity index is 1.84. The van der Waals surface area contributed by atoms with E-state index in [9.17, 15) is 19.1 Å². The predicted molar refractivity (Wildman–Crippen MR) is 112 cm³/mol. The summed E-state index contributed by atoms with van der Waals surface area (Å²) in [6.45, 7) is 4.40. The molecule has 1 aromatic heterocycles. The molecule has 0 amide bonds. The van der Waals surface area contributed by atoms with E-state index in [0.29, 0.717) is 11.2 Å². The minimum atomic E-state index is -1.27. The van der Waals surface area contributed by atoms with Gasteiger partial charge in [-0.1, -0.05) is 33.1 Å². The van der Waals surface area contributed by atoms with E-state index in [-0.39, 0.29) is 28.4 Å². The smallest absolute Gasteiger partial charge is 0.341 e. The second-order valence-corrected chi connectivity index (χ2v) is 9.47. The van der Waals surface area contributed by atoms with Crippen molar-refractivity contribution in [3.05, 3.63) is 39.9 Å². The van der Waals surface area contributed by atoms with E-state index in [1.54, 1.807) is 6.07 Å². The molecule has 0 saturated heterocycles. The van der Waals surface area contributed by atoms with Crippen LogP contribution >= 0.6 is 0 Å². The SMILES string of the molecule is CC1(C)CCC(n2cc(C(=O)O)c(=O)c3cc(F)c(NC4CCCCC4)cc32)C1. The van der Waals surface area contributed by atoms with Crippen molar-refractivity contribution in [2.24, 2.45) is 5.41 Å². The van der Waals surface area contributed by atoms with Crippen LogP contribution in [0.3, 0.4) is 0 Å². The monoisotopic (exact) mass is 400 g/mol. The molecule has 1 atom stereocenters. The first-order valence-corrected chi connectivity index (χ1v) is 10.6. The Morgan fingerprint density at radius 1 is 1.21 bits per heavy atom. The summed E-state index contributed by atoms with van der Waals surface area (Å²) in [4.78, 5) is 24.4. The van der Waals surface area contributed by atoms with Crippen LogP contribution in [-0.2, 0) is 0 Å². The van der Waals surface area contributed by atoms with E-state index >= 15 is 0 Å². The van der Waals surface area contributed by atoms with Gasteiger partial charge in [-0.25, -0.2) is 9.18 Å². The Morgan fingerprint density at radius 2 is 1.93 bits per heavy atom. The van der Waals surface area contributed by atoms with Crippen molar-refractivity contribution in [1.29, 1.82) is 0 Å². The molecule has 1 unspecified atom stereocenters. The molecule has 29 heavy (non-hydrogen) atoms. The van der Waals surface area contributed by atoms with Gasteiger partial charge in [0.25, 0.3) is 0 Å². The van der Waals surface area contributed by atoms with E-state index in [1.807, 2.05) is 4.57 Å². The standard InChI is InChI=1S/C23H29FN2O3/c1-23(2)9-8-15(12-23)26-13-17(22(28)29)21(27)16-10-18(24)19(11-20(16)26)25-14-6-4-3-5-7-14/h10-11,13-15,25H,3-9,12H2,1-2H3,(H,28,29). The molecule has 0 aliphatic heterocycles. The van der Waals surface area contributed by atoms with Crippen molar-refractivity contribution < 1.29 is 14.3 Å². The number of aromatic carboxylic acids is 1. The highest BCUT2D eigenvalue weighted by Gasteiger charge is 2.33. The number of nitrogens with zero attached hydrogens (tertiary/aromatic N) is 1. The number of pyridine rings is 1. The van der Waals surface area contributed by atoms with E-state index < -0.39 is 17.2 Å². The lowest BCUT2D eigenvalue weighted by molar-refractivity contribution is 0.0694. The molecular weight excluding hydrogens is 371 g/mol. The molecule has 6 heteroatoms. The summed E-state index contributed by atoms with van der Waals surface area (Å²) in [6, 6.07) is 3.25. The van der Waals surface area contributed by atoms with Gasteiger partial charge in [0.1, 0.15) is 11.4 Å². The maximum absolute atomic E-state index is 14.9. The van der Waals surface area contributed by atoms with Gasteiger partial charge in [-0.2, -0.15) is 0 Å². The number of aromatic nitrogens is 1. The second kappa shape index (κ2) is 7.47. The average molecular weight is 400 g/mol. The van der Waals surface area contributed by atoms with Crippen molar-refractivity contribution in [2.75, 3.05) is 5.32 Å². The van der Waals surface area contributed by atoms with Gasteiger partial charge in [0.05, 0.1) is 11.2 Å². The number of halogens is 1. The third kappa shape index (κ3) is 3.89. The second-order valence-electron chi connectivity index (χ2n) is 9.47. The molecule has 2 aromatic rings. The van der Waals surface area contributed by atoms with E-state index in [1.165, 1.54) is 18.7 Å². The summed E-state index contributed by atoms with van der Waals surface area (Å²) in [6.07, 6.45) is 9.81. The molecule has 2 aliphatic carbocycles. The maximum atomic E-state index is 14.9. The molecule has 0 radical (unpaired) electrons. The molecule has 2 aliphatic rings. The van der Waals surface area contributed by atoms with E-state index in [0.717, 1.165) is 44.9 Å². The van der Waals surface area contributed by atoms with Crippen LogP contribution < -0.4 is 10.7 Å². The van der Waals surface area contributed by atoms with Crippen LogP contribution in [0.2, 0.25) is 0 Å². The summed E-state index contributed by atoms with van der Waals surface area (Å²) in [5.74, 6) is -1.77. The van der Waals surface area contributed by atoms with Crippen LogP contribution in [0, 0.1) is 11.2 Å². The van der Waals surface area contributed by atoms with Crippen LogP contribution in [0.25, 0.3) is 10.9 Å². The Morgan fingerprint density at radius 3 is 2.55 bits per heavy atom. The van der Waals surface area contributed by atoms with Crippen molar-refractivity contribution in [3.63, 3.8) is 0 Å². The Kier molecular flexibility index (Phi) is 5.13. The van der Waals surface area contributed by atoms with Crippen LogP contribution in [0.15, 0.2) is 23.1 Å². The van der Waals surface area contributed by atoms with Crippen molar-refractivity contribution in [1.82, 2.24) is 4.57 Å².